The summed E-state index contributed by atoms with van der Waals surface area (Å²) < 4.78 is 0. The van der Waals surface area contributed by atoms with Crippen molar-refractivity contribution in [1.29, 1.82) is 0 Å². The number of thiol groups is 1. The van der Waals surface area contributed by atoms with Gasteiger partial charge >= 0.3 is 19.5 Å². The van der Waals surface area contributed by atoms with Crippen molar-refractivity contribution in [2.24, 2.45) is 0 Å². The first-order valence-electron chi connectivity index (χ1n) is 4.94. The Morgan fingerprint density at radius 1 is 0.522 bits per heavy atom. The van der Waals surface area contributed by atoms with Gasteiger partial charge in [0.05, 0.1) is 27.8 Å². The topological polar surface area (TPSA) is 85.3 Å². The molecule has 0 saturated heterocycles. The first kappa shape index (κ1) is 23.0. The minimum Gasteiger partial charge on any atom is -0.276 e. The molecule has 0 radical (unpaired) electrons. The van der Waals surface area contributed by atoms with Crippen LogP contribution >= 0.6 is 70.6 Å². The molecule has 0 N–H and O–H groups in total. The molecule has 0 heterocycles. The fourth-order valence-electron chi connectivity index (χ4n) is 1.71. The molecular weight excluding hydrogens is 487 g/mol. The molecule has 0 bridgehead atoms. The second kappa shape index (κ2) is 8.90. The summed E-state index contributed by atoms with van der Waals surface area (Å²) in [5.74, 6) is 0. The fraction of sp³-hybridized carbons (Fsp3) is 0. The smallest absolute Gasteiger partial charge is 0.276 e. The summed E-state index contributed by atoms with van der Waals surface area (Å²) in [5.41, 5.74) is -3.83. The molecule has 23 heavy (non-hydrogen) atoms. The number of benzene rings is 1. The van der Waals surface area contributed by atoms with Crippen LogP contribution in [0.5, 0.6) is 0 Å². The second-order valence-corrected chi connectivity index (χ2v) is 5.76. The Morgan fingerprint density at radius 2 is 0.696 bits per heavy atom. The van der Waals surface area contributed by atoms with Crippen LogP contribution in [0, 0.1) is 0 Å². The maximum absolute atomic E-state index is 11.6. The number of hydrogen-bond donors (Lipinski definition) is 1. The van der Waals surface area contributed by atoms with Crippen LogP contribution in [0.15, 0.2) is 4.90 Å². The summed E-state index contributed by atoms with van der Waals surface area (Å²) in [7, 11) is 0. The molecule has 1 aromatic rings. The van der Waals surface area contributed by atoms with Gasteiger partial charge in [-0.1, -0.05) is 0 Å². The van der Waals surface area contributed by atoms with Gasteiger partial charge in [-0.05, 0) is 58.0 Å². The minimum absolute atomic E-state index is 0. The Labute approximate surface area is 172 Å². The molecule has 116 valence electrons. The van der Waals surface area contributed by atoms with E-state index in [2.05, 4.69) is 12.6 Å². The molecule has 0 unspecified atom stereocenters. The van der Waals surface area contributed by atoms with Crippen LogP contribution in [0.25, 0.3) is 0 Å². The molecule has 1 aromatic carbocycles. The summed E-state index contributed by atoms with van der Waals surface area (Å²) in [4.78, 5) is 57.1. The molecular formula is C11HCl5O5SZn+2. The average Bonchev–Trinajstić information content (AvgIpc) is 2.34. The van der Waals surface area contributed by atoms with Crippen LogP contribution in [0.4, 0.5) is 0 Å². The fourth-order valence-corrected chi connectivity index (χ4v) is 3.21. The van der Waals surface area contributed by atoms with E-state index in [4.69, 9.17) is 58.0 Å². The molecule has 12 heteroatoms. The van der Waals surface area contributed by atoms with Crippen molar-refractivity contribution >= 4 is 96.8 Å². The number of carbonyl (C=O) groups excluding carboxylic acids is 5. The first-order chi connectivity index (χ1) is 10.0. The SMILES string of the molecule is O=C(Cl)c1c(S)c(C(=O)Cl)c(C(=O)Cl)c(C(=O)Cl)c1C(=O)Cl.[Zn+2]. The molecule has 0 aliphatic heterocycles. The van der Waals surface area contributed by atoms with Gasteiger partial charge in [0.15, 0.2) is 0 Å². The van der Waals surface area contributed by atoms with Gasteiger partial charge in [0.2, 0.25) is 0 Å². The van der Waals surface area contributed by atoms with Gasteiger partial charge in [-0.15, -0.1) is 12.6 Å². The van der Waals surface area contributed by atoms with Gasteiger partial charge in [0.1, 0.15) is 0 Å². The third-order valence-electron chi connectivity index (χ3n) is 2.46. The zero-order valence-corrected chi connectivity index (χ0v) is 18.2. The van der Waals surface area contributed by atoms with Crippen molar-refractivity contribution in [2.75, 3.05) is 0 Å². The van der Waals surface area contributed by atoms with E-state index in [-0.39, 0.29) is 19.5 Å². The zero-order valence-electron chi connectivity index (χ0n) is 10.6. The van der Waals surface area contributed by atoms with Crippen LogP contribution in [-0.2, 0) is 19.5 Å². The Balaban J connectivity index is 0.00000484. The number of halogens is 5. The maximum atomic E-state index is 11.6. The van der Waals surface area contributed by atoms with Crippen LogP contribution in [-0.4, -0.2) is 26.2 Å². The summed E-state index contributed by atoms with van der Waals surface area (Å²) >= 11 is 30.4. The summed E-state index contributed by atoms with van der Waals surface area (Å²) in [6.07, 6.45) is 0. The molecule has 0 amide bonds. The van der Waals surface area contributed by atoms with Crippen molar-refractivity contribution in [3.05, 3.63) is 27.8 Å². The average molecular weight is 488 g/mol. The second-order valence-electron chi connectivity index (χ2n) is 3.59. The molecule has 0 saturated carbocycles. The van der Waals surface area contributed by atoms with E-state index in [0.29, 0.717) is 0 Å². The monoisotopic (exact) mass is 484 g/mol. The van der Waals surface area contributed by atoms with E-state index in [0.717, 1.165) is 0 Å². The van der Waals surface area contributed by atoms with Crippen molar-refractivity contribution < 1.29 is 43.5 Å². The third kappa shape index (κ3) is 4.54. The maximum Gasteiger partial charge on any atom is 2.00 e. The predicted molar refractivity (Wildman–Crippen MR) is 84.6 cm³/mol. The molecule has 0 fully saturated rings. The largest absolute Gasteiger partial charge is 2.00 e. The third-order valence-corrected chi connectivity index (χ3v) is 3.85. The van der Waals surface area contributed by atoms with E-state index >= 15 is 0 Å². The molecule has 0 aliphatic carbocycles. The van der Waals surface area contributed by atoms with Gasteiger partial charge in [-0.25, -0.2) is 0 Å². The number of rotatable bonds is 5. The quantitative estimate of drug-likeness (QED) is 0.387. The number of hydrogen-bond acceptors (Lipinski definition) is 6. The first-order valence-corrected chi connectivity index (χ1v) is 7.28. The van der Waals surface area contributed by atoms with E-state index in [1.165, 1.54) is 0 Å². The van der Waals surface area contributed by atoms with Crippen molar-refractivity contribution in [3.63, 3.8) is 0 Å². The van der Waals surface area contributed by atoms with Gasteiger partial charge in [0, 0.05) is 4.90 Å². The summed E-state index contributed by atoms with van der Waals surface area (Å²) in [6, 6.07) is 0. The van der Waals surface area contributed by atoms with Crippen molar-refractivity contribution in [1.82, 2.24) is 0 Å². The standard InChI is InChI=1S/C11HCl5O5S.Zn/c12-7(17)1-2(8(13)18)4(10(15)20)6(22)5(11(16)21)3(1)9(14)19;/h22H;/q;+2. The molecule has 0 aliphatic rings. The van der Waals surface area contributed by atoms with E-state index < -0.39 is 58.9 Å². The number of carbonyl (C=O) groups is 5. The molecule has 5 nitrogen and oxygen atoms in total. The van der Waals surface area contributed by atoms with Gasteiger partial charge < -0.3 is 0 Å². The Kier molecular flexibility index (Phi) is 8.90. The van der Waals surface area contributed by atoms with Gasteiger partial charge in [-0.2, -0.15) is 0 Å². The van der Waals surface area contributed by atoms with Gasteiger partial charge in [-0.3, -0.25) is 24.0 Å². The van der Waals surface area contributed by atoms with Gasteiger partial charge in [0.25, 0.3) is 26.2 Å². The minimum atomic E-state index is -1.38. The summed E-state index contributed by atoms with van der Waals surface area (Å²) in [5, 5.41) is -6.60. The Hall–Kier alpha value is -0.00662. The predicted octanol–water partition coefficient (Wildman–Crippen LogP) is 3.87. The molecule has 1 rings (SSSR count). The van der Waals surface area contributed by atoms with E-state index in [1.807, 2.05) is 0 Å². The van der Waals surface area contributed by atoms with Crippen LogP contribution < -0.4 is 0 Å². The van der Waals surface area contributed by atoms with Crippen molar-refractivity contribution in [3.8, 4) is 0 Å². The van der Waals surface area contributed by atoms with E-state index in [9.17, 15) is 24.0 Å². The van der Waals surface area contributed by atoms with E-state index in [1.54, 1.807) is 0 Å². The Morgan fingerprint density at radius 3 is 0.870 bits per heavy atom. The zero-order chi connectivity index (χ0) is 17.4. The molecule has 0 spiro atoms. The van der Waals surface area contributed by atoms with Crippen LogP contribution in [0.2, 0.25) is 0 Å². The van der Waals surface area contributed by atoms with Crippen LogP contribution in [0.1, 0.15) is 51.8 Å². The normalized spacial score (nSPS) is 9.83. The molecule has 0 aromatic heterocycles. The van der Waals surface area contributed by atoms with Crippen LogP contribution in [0.3, 0.4) is 0 Å². The Bertz CT molecular complexity index is 711. The van der Waals surface area contributed by atoms with Crippen molar-refractivity contribution in [2.45, 2.75) is 4.90 Å². The molecule has 0 atom stereocenters. The summed E-state index contributed by atoms with van der Waals surface area (Å²) in [6.45, 7) is 0.